The van der Waals surface area contributed by atoms with Gasteiger partial charge in [0.25, 0.3) is 0 Å². The largest absolute Gasteiger partial charge is 0.493 e. The summed E-state index contributed by atoms with van der Waals surface area (Å²) in [4.78, 5) is 14.7. The molecule has 0 radical (unpaired) electrons. The topological polar surface area (TPSA) is 64.8 Å². The van der Waals surface area contributed by atoms with Gasteiger partial charge in [0.05, 0.1) is 32.9 Å². The molecule has 0 atom stereocenters. The quantitative estimate of drug-likeness (QED) is 0.659. The van der Waals surface area contributed by atoms with Gasteiger partial charge in [0, 0.05) is 24.1 Å². The van der Waals surface area contributed by atoms with Crippen LogP contribution in [0.15, 0.2) is 47.0 Å². The smallest absolute Gasteiger partial charge is 0.227 e. The van der Waals surface area contributed by atoms with Crippen LogP contribution >= 0.6 is 0 Å². The molecule has 0 bridgehead atoms. The molecule has 2 aromatic carbocycles. The Morgan fingerprint density at radius 3 is 2.62 bits per heavy atom. The number of rotatable bonds is 5. The summed E-state index contributed by atoms with van der Waals surface area (Å²) < 4.78 is 29.3. The third-order valence-electron chi connectivity index (χ3n) is 5.10. The van der Waals surface area contributed by atoms with Gasteiger partial charge in [-0.1, -0.05) is 11.2 Å². The van der Waals surface area contributed by atoms with E-state index in [9.17, 15) is 9.18 Å². The molecular weight excluding hydrogens is 375 g/mol. The number of aromatic nitrogens is 1. The van der Waals surface area contributed by atoms with Gasteiger partial charge in [0.1, 0.15) is 5.82 Å². The number of hydrogen-bond donors (Lipinski definition) is 0. The molecule has 1 aliphatic rings. The SMILES string of the molecule is COc1ccc(CC(=O)N2CCc3noc(-c4ccc(F)cc4)c3C2)cc1OC. The van der Waals surface area contributed by atoms with Gasteiger partial charge in [-0.2, -0.15) is 0 Å². The Hall–Kier alpha value is -3.35. The first-order chi connectivity index (χ1) is 14.1. The second-order valence-electron chi connectivity index (χ2n) is 6.88. The zero-order valence-electron chi connectivity index (χ0n) is 16.3. The van der Waals surface area contributed by atoms with Crippen LogP contribution in [0.3, 0.4) is 0 Å². The van der Waals surface area contributed by atoms with Gasteiger partial charge in [-0.25, -0.2) is 4.39 Å². The van der Waals surface area contributed by atoms with E-state index in [0.29, 0.717) is 36.8 Å². The average Bonchev–Trinajstić information content (AvgIpc) is 3.17. The van der Waals surface area contributed by atoms with Crippen molar-refractivity contribution in [2.45, 2.75) is 19.4 Å². The van der Waals surface area contributed by atoms with E-state index in [-0.39, 0.29) is 18.1 Å². The van der Waals surface area contributed by atoms with Crippen LogP contribution in [0.5, 0.6) is 11.5 Å². The van der Waals surface area contributed by atoms with E-state index >= 15 is 0 Å². The van der Waals surface area contributed by atoms with Crippen molar-refractivity contribution in [1.29, 1.82) is 0 Å². The molecule has 0 fully saturated rings. The number of carbonyl (C=O) groups excluding carboxylic acids is 1. The van der Waals surface area contributed by atoms with E-state index in [0.717, 1.165) is 22.4 Å². The van der Waals surface area contributed by atoms with Crippen LogP contribution in [-0.2, 0) is 24.2 Å². The van der Waals surface area contributed by atoms with Crippen LogP contribution in [0.4, 0.5) is 4.39 Å². The average molecular weight is 396 g/mol. The van der Waals surface area contributed by atoms with Crippen LogP contribution in [0.2, 0.25) is 0 Å². The summed E-state index contributed by atoms with van der Waals surface area (Å²) in [6.45, 7) is 0.992. The van der Waals surface area contributed by atoms with Crippen molar-refractivity contribution in [3.05, 3.63) is 65.1 Å². The molecule has 29 heavy (non-hydrogen) atoms. The van der Waals surface area contributed by atoms with Gasteiger partial charge in [0.15, 0.2) is 17.3 Å². The van der Waals surface area contributed by atoms with E-state index in [1.807, 2.05) is 12.1 Å². The van der Waals surface area contributed by atoms with Crippen molar-refractivity contribution in [2.24, 2.45) is 0 Å². The number of hydrogen-bond acceptors (Lipinski definition) is 5. The lowest BCUT2D eigenvalue weighted by molar-refractivity contribution is -0.131. The molecule has 1 amide bonds. The van der Waals surface area contributed by atoms with E-state index in [1.54, 1.807) is 37.3 Å². The van der Waals surface area contributed by atoms with Crippen molar-refractivity contribution >= 4 is 5.91 Å². The zero-order valence-corrected chi connectivity index (χ0v) is 16.3. The number of fused-ring (bicyclic) bond motifs is 1. The Morgan fingerprint density at radius 2 is 1.90 bits per heavy atom. The highest BCUT2D eigenvalue weighted by Crippen LogP contribution is 2.31. The van der Waals surface area contributed by atoms with E-state index in [4.69, 9.17) is 14.0 Å². The Morgan fingerprint density at radius 1 is 1.14 bits per heavy atom. The highest BCUT2D eigenvalue weighted by Gasteiger charge is 2.27. The summed E-state index contributed by atoms with van der Waals surface area (Å²) in [6.07, 6.45) is 0.880. The lowest BCUT2D eigenvalue weighted by Crippen LogP contribution is -2.36. The monoisotopic (exact) mass is 396 g/mol. The first kappa shape index (κ1) is 19.0. The third-order valence-corrected chi connectivity index (χ3v) is 5.10. The first-order valence-corrected chi connectivity index (χ1v) is 9.31. The molecule has 0 aliphatic carbocycles. The van der Waals surface area contributed by atoms with Crippen LogP contribution in [-0.4, -0.2) is 36.7 Å². The van der Waals surface area contributed by atoms with Crippen LogP contribution in [0.1, 0.15) is 16.8 Å². The van der Waals surface area contributed by atoms with Crippen molar-refractivity contribution in [3.63, 3.8) is 0 Å². The molecule has 6 nitrogen and oxygen atoms in total. The van der Waals surface area contributed by atoms with Crippen molar-refractivity contribution < 1.29 is 23.2 Å². The van der Waals surface area contributed by atoms with Crippen molar-refractivity contribution in [2.75, 3.05) is 20.8 Å². The number of methoxy groups -OCH3 is 2. The molecule has 0 spiro atoms. The lowest BCUT2D eigenvalue weighted by atomic mass is 10.0. The molecule has 1 aromatic heterocycles. The standard InChI is InChI=1S/C22H21FN2O4/c1-27-19-8-3-14(11-20(19)28-2)12-21(26)25-10-9-18-17(13-25)22(29-24-18)15-4-6-16(23)7-5-15/h3-8,11H,9-10,12-13H2,1-2H3. The molecule has 1 aliphatic heterocycles. The summed E-state index contributed by atoms with van der Waals surface area (Å²) in [5.74, 6) is 1.50. The minimum atomic E-state index is -0.311. The van der Waals surface area contributed by atoms with Gasteiger partial charge < -0.3 is 18.9 Å². The number of nitrogens with zero attached hydrogens (tertiary/aromatic N) is 2. The number of halogens is 1. The Labute approximate surface area is 167 Å². The first-order valence-electron chi connectivity index (χ1n) is 9.31. The molecule has 3 aromatic rings. The fourth-order valence-corrected chi connectivity index (χ4v) is 3.53. The molecule has 0 unspecified atom stereocenters. The number of ether oxygens (including phenoxy) is 2. The van der Waals surface area contributed by atoms with Crippen LogP contribution in [0.25, 0.3) is 11.3 Å². The van der Waals surface area contributed by atoms with E-state index < -0.39 is 0 Å². The molecular formula is C22H21FN2O4. The molecule has 7 heteroatoms. The van der Waals surface area contributed by atoms with Gasteiger partial charge in [-0.05, 0) is 42.0 Å². The van der Waals surface area contributed by atoms with E-state index in [2.05, 4.69) is 5.16 Å². The highest BCUT2D eigenvalue weighted by molar-refractivity contribution is 5.79. The molecule has 150 valence electrons. The molecule has 2 heterocycles. The summed E-state index contributed by atoms with van der Waals surface area (Å²) in [7, 11) is 3.14. The maximum absolute atomic E-state index is 13.2. The number of amides is 1. The molecule has 0 saturated carbocycles. The second kappa shape index (κ2) is 7.95. The Kier molecular flexibility index (Phi) is 5.20. The predicted molar refractivity (Wildman–Crippen MR) is 104 cm³/mol. The van der Waals surface area contributed by atoms with Crippen molar-refractivity contribution in [1.82, 2.24) is 10.1 Å². The number of benzene rings is 2. The Balaban J connectivity index is 1.52. The minimum Gasteiger partial charge on any atom is -0.493 e. The minimum absolute atomic E-state index is 0.00845. The van der Waals surface area contributed by atoms with E-state index in [1.165, 1.54) is 12.1 Å². The number of carbonyl (C=O) groups is 1. The summed E-state index contributed by atoms with van der Waals surface area (Å²) >= 11 is 0. The maximum atomic E-state index is 13.2. The predicted octanol–water partition coefficient (Wildman–Crippen LogP) is 3.63. The molecule has 0 N–H and O–H groups in total. The maximum Gasteiger partial charge on any atom is 0.227 e. The van der Waals surface area contributed by atoms with Crippen LogP contribution in [0, 0.1) is 5.82 Å². The fraction of sp³-hybridized carbons (Fsp3) is 0.273. The van der Waals surface area contributed by atoms with Gasteiger partial charge in [0.2, 0.25) is 5.91 Å². The van der Waals surface area contributed by atoms with Crippen molar-refractivity contribution in [3.8, 4) is 22.8 Å². The molecule has 0 saturated heterocycles. The zero-order chi connectivity index (χ0) is 20.4. The summed E-state index contributed by atoms with van der Waals surface area (Å²) in [6, 6.07) is 11.5. The van der Waals surface area contributed by atoms with Crippen LogP contribution < -0.4 is 9.47 Å². The van der Waals surface area contributed by atoms with Gasteiger partial charge >= 0.3 is 0 Å². The Bertz CT molecular complexity index is 1030. The highest BCUT2D eigenvalue weighted by atomic mass is 19.1. The second-order valence-corrected chi connectivity index (χ2v) is 6.88. The summed E-state index contributed by atoms with van der Waals surface area (Å²) in [5, 5.41) is 4.14. The van der Waals surface area contributed by atoms with Gasteiger partial charge in [-0.3, -0.25) is 4.79 Å². The summed E-state index contributed by atoms with van der Waals surface area (Å²) in [5.41, 5.74) is 3.32. The third kappa shape index (κ3) is 3.81. The lowest BCUT2D eigenvalue weighted by Gasteiger charge is -2.26. The molecule has 4 rings (SSSR count). The fourth-order valence-electron chi connectivity index (χ4n) is 3.53. The normalized spacial score (nSPS) is 13.1. The van der Waals surface area contributed by atoms with Gasteiger partial charge in [-0.15, -0.1) is 0 Å².